The van der Waals surface area contributed by atoms with Crippen molar-refractivity contribution in [3.05, 3.63) is 64.0 Å². The second-order valence-corrected chi connectivity index (χ2v) is 4.17. The van der Waals surface area contributed by atoms with E-state index in [1.54, 1.807) is 48.5 Å². The van der Waals surface area contributed by atoms with E-state index in [0.29, 0.717) is 22.1 Å². The number of benzene rings is 2. The van der Waals surface area contributed by atoms with Crippen molar-refractivity contribution in [1.29, 1.82) is 5.26 Å². The Morgan fingerprint density at radius 2 is 1.84 bits per heavy atom. The minimum absolute atomic E-state index is 0.427. The zero-order valence-electron chi connectivity index (χ0n) is 9.79. The van der Waals surface area contributed by atoms with Crippen LogP contribution in [0, 0.1) is 16.2 Å². The molecule has 0 aliphatic rings. The van der Waals surface area contributed by atoms with Crippen LogP contribution < -0.4 is 4.74 Å². The summed E-state index contributed by atoms with van der Waals surface area (Å²) in [5.41, 5.74) is 0.440. The fraction of sp³-hybridized carbons (Fsp3) is 0.0714. The van der Waals surface area contributed by atoms with E-state index in [1.165, 1.54) is 0 Å². The maximum Gasteiger partial charge on any atom is 0.206 e. The summed E-state index contributed by atoms with van der Waals surface area (Å²) in [7, 11) is 0. The lowest BCUT2D eigenvalue weighted by atomic mass is 10.1. The topological polar surface area (TPSA) is 62.5 Å². The van der Waals surface area contributed by atoms with Crippen LogP contribution in [0.1, 0.15) is 11.6 Å². The Bertz CT molecular complexity index is 620. The summed E-state index contributed by atoms with van der Waals surface area (Å²) in [6.45, 7) is 0. The Hall–Kier alpha value is -2.38. The van der Waals surface area contributed by atoms with Gasteiger partial charge in [-0.3, -0.25) is 0 Å². The Morgan fingerprint density at radius 1 is 1.16 bits per heavy atom. The fourth-order valence-corrected chi connectivity index (χ4v) is 1.70. The van der Waals surface area contributed by atoms with Crippen molar-refractivity contribution in [3.63, 3.8) is 0 Å². The molecular formula is C14H9ClN2O2. The third-order valence-electron chi connectivity index (χ3n) is 2.48. The lowest BCUT2D eigenvalue weighted by molar-refractivity contribution is 0.474. The summed E-state index contributed by atoms with van der Waals surface area (Å²) >= 11 is 5.79. The summed E-state index contributed by atoms with van der Waals surface area (Å²) in [6.07, 6.45) is 0. The van der Waals surface area contributed by atoms with E-state index >= 15 is 0 Å². The third kappa shape index (κ3) is 3.09. The molecule has 1 unspecified atom stereocenters. The highest BCUT2D eigenvalue weighted by Gasteiger charge is 2.16. The second kappa shape index (κ2) is 5.98. The van der Waals surface area contributed by atoms with Crippen LogP contribution in [-0.2, 0) is 0 Å². The van der Waals surface area contributed by atoms with Gasteiger partial charge in [0.05, 0.1) is 6.07 Å². The second-order valence-electron chi connectivity index (χ2n) is 3.73. The van der Waals surface area contributed by atoms with E-state index in [-0.39, 0.29) is 0 Å². The molecule has 0 amide bonds. The first-order valence-electron chi connectivity index (χ1n) is 5.49. The van der Waals surface area contributed by atoms with Crippen LogP contribution in [0.5, 0.6) is 11.5 Å². The summed E-state index contributed by atoms with van der Waals surface area (Å²) < 4.78 is 5.64. The Labute approximate surface area is 115 Å². The molecule has 0 saturated heterocycles. The van der Waals surface area contributed by atoms with Crippen LogP contribution >= 0.6 is 11.6 Å². The van der Waals surface area contributed by atoms with Gasteiger partial charge in [0.15, 0.2) is 0 Å². The molecule has 0 saturated carbocycles. The van der Waals surface area contributed by atoms with Gasteiger partial charge >= 0.3 is 0 Å². The van der Waals surface area contributed by atoms with Crippen molar-refractivity contribution >= 4 is 11.6 Å². The molecule has 2 aromatic carbocycles. The first-order chi connectivity index (χ1) is 9.24. The fourth-order valence-electron chi connectivity index (χ4n) is 1.58. The zero-order chi connectivity index (χ0) is 13.7. The van der Waals surface area contributed by atoms with Crippen molar-refractivity contribution in [2.24, 2.45) is 5.18 Å². The predicted molar refractivity (Wildman–Crippen MR) is 72.1 cm³/mol. The number of nitrogens with zero attached hydrogens (tertiary/aromatic N) is 2. The van der Waals surface area contributed by atoms with Gasteiger partial charge in [0, 0.05) is 10.6 Å². The molecule has 0 radical (unpaired) electrons. The molecule has 0 bridgehead atoms. The molecule has 0 fully saturated rings. The summed E-state index contributed by atoms with van der Waals surface area (Å²) in [5.74, 6) is 0.996. The molecule has 2 aromatic rings. The van der Waals surface area contributed by atoms with Crippen LogP contribution in [0.15, 0.2) is 53.7 Å². The highest BCUT2D eigenvalue weighted by Crippen LogP contribution is 2.31. The largest absolute Gasteiger partial charge is 0.457 e. The molecule has 19 heavy (non-hydrogen) atoms. The van der Waals surface area contributed by atoms with Gasteiger partial charge in [-0.15, -0.1) is 4.91 Å². The van der Waals surface area contributed by atoms with E-state index in [2.05, 4.69) is 5.18 Å². The van der Waals surface area contributed by atoms with Crippen molar-refractivity contribution in [2.75, 3.05) is 0 Å². The van der Waals surface area contributed by atoms with Gasteiger partial charge in [0.25, 0.3) is 0 Å². The average molecular weight is 273 g/mol. The number of para-hydroxylation sites is 1. The van der Waals surface area contributed by atoms with Crippen LogP contribution in [0.2, 0.25) is 5.02 Å². The van der Waals surface area contributed by atoms with Gasteiger partial charge in [0.2, 0.25) is 6.04 Å². The maximum atomic E-state index is 10.6. The number of rotatable bonds is 4. The van der Waals surface area contributed by atoms with Crippen LogP contribution in [-0.4, -0.2) is 0 Å². The first kappa shape index (κ1) is 13.1. The van der Waals surface area contributed by atoms with E-state index in [1.807, 2.05) is 6.07 Å². The normalized spacial score (nSPS) is 11.4. The van der Waals surface area contributed by atoms with Gasteiger partial charge < -0.3 is 4.74 Å². The van der Waals surface area contributed by atoms with Gasteiger partial charge in [-0.25, -0.2) is 0 Å². The predicted octanol–water partition coefficient (Wildman–Crippen LogP) is 4.46. The smallest absolute Gasteiger partial charge is 0.206 e. The number of hydrogen-bond acceptors (Lipinski definition) is 4. The molecule has 0 spiro atoms. The standard InChI is InChI=1S/C14H9ClN2O2/c15-10-5-7-11(8-6-10)19-14-4-2-1-3-12(14)13(9-16)17-18/h1-8,13H. The van der Waals surface area contributed by atoms with Gasteiger partial charge in [0.1, 0.15) is 11.5 Å². The molecule has 0 N–H and O–H groups in total. The average Bonchev–Trinajstić information content (AvgIpc) is 2.44. The minimum atomic E-state index is -1.08. The van der Waals surface area contributed by atoms with Gasteiger partial charge in [-0.05, 0) is 35.5 Å². The monoisotopic (exact) mass is 272 g/mol. The molecule has 0 aliphatic carbocycles. The number of nitriles is 1. The van der Waals surface area contributed by atoms with Crippen LogP contribution in [0.25, 0.3) is 0 Å². The molecular weight excluding hydrogens is 264 g/mol. The zero-order valence-corrected chi connectivity index (χ0v) is 10.5. The van der Waals surface area contributed by atoms with Gasteiger partial charge in [-0.2, -0.15) is 5.26 Å². The molecule has 4 nitrogen and oxygen atoms in total. The van der Waals surface area contributed by atoms with E-state index < -0.39 is 6.04 Å². The number of halogens is 1. The molecule has 94 valence electrons. The lowest BCUT2D eigenvalue weighted by Crippen LogP contribution is -1.95. The maximum absolute atomic E-state index is 10.6. The van der Waals surface area contributed by atoms with Crippen molar-refractivity contribution in [3.8, 4) is 17.6 Å². The Balaban J connectivity index is 2.33. The molecule has 0 aliphatic heterocycles. The van der Waals surface area contributed by atoms with Crippen molar-refractivity contribution in [2.45, 2.75) is 6.04 Å². The van der Waals surface area contributed by atoms with Crippen LogP contribution in [0.3, 0.4) is 0 Å². The molecule has 0 heterocycles. The molecule has 5 heteroatoms. The molecule has 1 atom stereocenters. The molecule has 2 rings (SSSR count). The van der Waals surface area contributed by atoms with E-state index in [9.17, 15) is 4.91 Å². The van der Waals surface area contributed by atoms with Gasteiger partial charge in [-0.1, -0.05) is 29.8 Å². The lowest BCUT2D eigenvalue weighted by Gasteiger charge is -2.11. The minimum Gasteiger partial charge on any atom is -0.457 e. The summed E-state index contributed by atoms with van der Waals surface area (Å²) in [4.78, 5) is 10.6. The number of nitroso groups, excluding NO2 is 1. The molecule has 0 aromatic heterocycles. The SMILES string of the molecule is N#CC(N=O)c1ccccc1Oc1ccc(Cl)cc1. The van der Waals surface area contributed by atoms with Crippen molar-refractivity contribution in [1.82, 2.24) is 0 Å². The first-order valence-corrected chi connectivity index (χ1v) is 5.87. The van der Waals surface area contributed by atoms with Crippen LogP contribution in [0.4, 0.5) is 0 Å². The highest BCUT2D eigenvalue weighted by atomic mass is 35.5. The third-order valence-corrected chi connectivity index (χ3v) is 2.73. The van der Waals surface area contributed by atoms with E-state index in [4.69, 9.17) is 21.6 Å². The summed E-state index contributed by atoms with van der Waals surface area (Å²) in [5, 5.41) is 12.3. The number of ether oxygens (including phenoxy) is 1. The van der Waals surface area contributed by atoms with Crippen molar-refractivity contribution < 1.29 is 4.74 Å². The Kier molecular flexibility index (Phi) is 4.11. The van der Waals surface area contributed by atoms with E-state index in [0.717, 1.165) is 0 Å². The Morgan fingerprint density at radius 3 is 2.47 bits per heavy atom. The highest BCUT2D eigenvalue weighted by molar-refractivity contribution is 6.30. The number of hydrogen-bond donors (Lipinski definition) is 0. The summed E-state index contributed by atoms with van der Waals surface area (Å²) in [6, 6.07) is 14.3. The quantitative estimate of drug-likeness (QED) is 0.772.